The van der Waals surface area contributed by atoms with Gasteiger partial charge in [-0.2, -0.15) is 4.31 Å². The van der Waals surface area contributed by atoms with Gasteiger partial charge in [0.2, 0.25) is 10.0 Å². The standard InChI is InChI=1S/C21H21ClN4O2S/c1-16-18(22)8-5-9-20(16)29(27,28)26-12-10-25(11-13-26)21-14-19(23-15-24-21)17-6-3-2-4-7-17/h2-9,14-15H,10-13H2,1H3. The molecule has 6 nitrogen and oxygen atoms in total. The Morgan fingerprint density at radius 1 is 0.931 bits per heavy atom. The topological polar surface area (TPSA) is 66.4 Å². The van der Waals surface area contributed by atoms with Crippen molar-refractivity contribution in [2.24, 2.45) is 0 Å². The minimum Gasteiger partial charge on any atom is -0.354 e. The molecule has 8 heteroatoms. The van der Waals surface area contributed by atoms with Crippen LogP contribution in [-0.2, 0) is 10.0 Å². The van der Waals surface area contributed by atoms with E-state index in [0.717, 1.165) is 17.1 Å². The zero-order valence-electron chi connectivity index (χ0n) is 16.0. The van der Waals surface area contributed by atoms with E-state index in [2.05, 4.69) is 14.9 Å². The van der Waals surface area contributed by atoms with Gasteiger partial charge in [-0.1, -0.05) is 48.0 Å². The molecule has 1 aromatic heterocycles. The Labute approximate surface area is 175 Å². The van der Waals surface area contributed by atoms with Gasteiger partial charge in [-0.05, 0) is 24.6 Å². The van der Waals surface area contributed by atoms with Crippen molar-refractivity contribution in [2.45, 2.75) is 11.8 Å². The molecule has 0 spiro atoms. The van der Waals surface area contributed by atoms with Crippen LogP contribution in [0.25, 0.3) is 11.3 Å². The van der Waals surface area contributed by atoms with Crippen LogP contribution in [0.4, 0.5) is 5.82 Å². The molecule has 0 amide bonds. The maximum Gasteiger partial charge on any atom is 0.243 e. The molecule has 0 atom stereocenters. The third-order valence-electron chi connectivity index (χ3n) is 5.12. The lowest BCUT2D eigenvalue weighted by molar-refractivity contribution is 0.383. The first-order chi connectivity index (χ1) is 14.0. The van der Waals surface area contributed by atoms with Gasteiger partial charge >= 0.3 is 0 Å². The number of rotatable bonds is 4. The largest absolute Gasteiger partial charge is 0.354 e. The van der Waals surface area contributed by atoms with Crippen molar-refractivity contribution in [2.75, 3.05) is 31.1 Å². The van der Waals surface area contributed by atoms with Gasteiger partial charge in [0.05, 0.1) is 10.6 Å². The molecule has 29 heavy (non-hydrogen) atoms. The lowest BCUT2D eigenvalue weighted by Gasteiger charge is -2.35. The summed E-state index contributed by atoms with van der Waals surface area (Å²) >= 11 is 6.12. The molecule has 3 aromatic rings. The van der Waals surface area contributed by atoms with Crippen LogP contribution in [0.15, 0.2) is 65.8 Å². The van der Waals surface area contributed by atoms with E-state index >= 15 is 0 Å². The van der Waals surface area contributed by atoms with E-state index in [9.17, 15) is 8.42 Å². The zero-order chi connectivity index (χ0) is 20.4. The molecule has 1 aliphatic heterocycles. The number of nitrogens with zero attached hydrogens (tertiary/aromatic N) is 4. The molecule has 0 N–H and O–H groups in total. The van der Waals surface area contributed by atoms with Crippen molar-refractivity contribution in [1.82, 2.24) is 14.3 Å². The quantitative estimate of drug-likeness (QED) is 0.635. The number of halogens is 1. The summed E-state index contributed by atoms with van der Waals surface area (Å²) in [6, 6.07) is 16.8. The summed E-state index contributed by atoms with van der Waals surface area (Å²) < 4.78 is 27.6. The van der Waals surface area contributed by atoms with E-state index in [1.807, 2.05) is 36.4 Å². The van der Waals surface area contributed by atoms with Crippen LogP contribution < -0.4 is 4.90 Å². The summed E-state index contributed by atoms with van der Waals surface area (Å²) in [6.45, 7) is 3.63. The Kier molecular flexibility index (Phi) is 5.54. The first-order valence-electron chi connectivity index (χ1n) is 9.34. The maximum absolute atomic E-state index is 13.1. The van der Waals surface area contributed by atoms with Crippen LogP contribution in [0.3, 0.4) is 0 Å². The molecular weight excluding hydrogens is 408 g/mol. The summed E-state index contributed by atoms with van der Waals surface area (Å²) in [5.41, 5.74) is 2.45. The van der Waals surface area contributed by atoms with Gasteiger partial charge in [0, 0.05) is 42.8 Å². The molecule has 0 radical (unpaired) electrons. The Balaban J connectivity index is 1.51. The van der Waals surface area contributed by atoms with Crippen LogP contribution in [0.2, 0.25) is 5.02 Å². The molecule has 4 rings (SSSR count). The minimum absolute atomic E-state index is 0.270. The van der Waals surface area contributed by atoms with E-state index in [0.29, 0.717) is 36.8 Å². The highest BCUT2D eigenvalue weighted by Gasteiger charge is 2.30. The third kappa shape index (κ3) is 3.99. The van der Waals surface area contributed by atoms with Crippen LogP contribution in [0, 0.1) is 6.92 Å². The maximum atomic E-state index is 13.1. The average Bonchev–Trinajstić information content (AvgIpc) is 2.76. The summed E-state index contributed by atoms with van der Waals surface area (Å²) in [4.78, 5) is 11.1. The van der Waals surface area contributed by atoms with Gasteiger partial charge < -0.3 is 4.90 Å². The predicted octanol–water partition coefficient (Wildman–Crippen LogP) is 3.62. The fourth-order valence-electron chi connectivity index (χ4n) is 3.45. The van der Waals surface area contributed by atoms with E-state index in [-0.39, 0.29) is 4.90 Å². The van der Waals surface area contributed by atoms with Crippen molar-refractivity contribution >= 4 is 27.4 Å². The van der Waals surface area contributed by atoms with Gasteiger partial charge in [-0.25, -0.2) is 18.4 Å². The van der Waals surface area contributed by atoms with Crippen molar-refractivity contribution in [3.63, 3.8) is 0 Å². The predicted molar refractivity (Wildman–Crippen MR) is 115 cm³/mol. The van der Waals surface area contributed by atoms with E-state index < -0.39 is 10.0 Å². The Bertz CT molecular complexity index is 1110. The second kappa shape index (κ2) is 8.10. The fourth-order valence-corrected chi connectivity index (χ4v) is 5.35. The number of benzene rings is 2. The molecule has 0 saturated carbocycles. The second-order valence-electron chi connectivity index (χ2n) is 6.88. The van der Waals surface area contributed by atoms with Crippen molar-refractivity contribution in [3.05, 3.63) is 71.5 Å². The molecule has 1 aliphatic rings. The number of piperazine rings is 1. The van der Waals surface area contributed by atoms with Gasteiger partial charge in [0.15, 0.2) is 0 Å². The summed E-state index contributed by atoms with van der Waals surface area (Å²) in [5.74, 6) is 0.801. The number of hydrogen-bond acceptors (Lipinski definition) is 5. The average molecular weight is 429 g/mol. The first-order valence-corrected chi connectivity index (χ1v) is 11.2. The molecule has 1 saturated heterocycles. The number of hydrogen-bond donors (Lipinski definition) is 0. The number of sulfonamides is 1. The highest BCUT2D eigenvalue weighted by Crippen LogP contribution is 2.27. The van der Waals surface area contributed by atoms with Gasteiger partial charge in [0.1, 0.15) is 12.1 Å². The minimum atomic E-state index is -3.58. The Hall–Kier alpha value is -2.48. The molecule has 0 bridgehead atoms. The molecule has 0 unspecified atom stereocenters. The van der Waals surface area contributed by atoms with Crippen LogP contribution in [0.1, 0.15) is 5.56 Å². The lowest BCUT2D eigenvalue weighted by Crippen LogP contribution is -2.49. The molecule has 2 heterocycles. The molecule has 0 aliphatic carbocycles. The Morgan fingerprint density at radius 3 is 2.38 bits per heavy atom. The van der Waals surface area contributed by atoms with Gasteiger partial charge in [-0.3, -0.25) is 0 Å². The molecular formula is C21H21ClN4O2S. The van der Waals surface area contributed by atoms with Crippen LogP contribution >= 0.6 is 11.6 Å². The van der Waals surface area contributed by atoms with Gasteiger partial charge in [0.25, 0.3) is 0 Å². The zero-order valence-corrected chi connectivity index (χ0v) is 17.6. The van der Waals surface area contributed by atoms with Crippen molar-refractivity contribution in [1.29, 1.82) is 0 Å². The Morgan fingerprint density at radius 2 is 1.66 bits per heavy atom. The van der Waals surface area contributed by atoms with Crippen LogP contribution in [-0.4, -0.2) is 48.9 Å². The van der Waals surface area contributed by atoms with Crippen molar-refractivity contribution < 1.29 is 8.42 Å². The van der Waals surface area contributed by atoms with E-state index in [1.54, 1.807) is 31.5 Å². The second-order valence-corrected chi connectivity index (χ2v) is 9.20. The summed E-state index contributed by atoms with van der Waals surface area (Å²) in [6.07, 6.45) is 1.55. The third-order valence-corrected chi connectivity index (χ3v) is 7.57. The SMILES string of the molecule is Cc1c(Cl)cccc1S(=O)(=O)N1CCN(c2cc(-c3ccccc3)ncn2)CC1. The monoisotopic (exact) mass is 428 g/mol. The highest BCUT2D eigenvalue weighted by molar-refractivity contribution is 7.89. The summed E-state index contributed by atoms with van der Waals surface area (Å²) in [7, 11) is -3.58. The van der Waals surface area contributed by atoms with Crippen molar-refractivity contribution in [3.8, 4) is 11.3 Å². The van der Waals surface area contributed by atoms with E-state index in [1.165, 1.54) is 4.31 Å². The normalized spacial score (nSPS) is 15.4. The first kappa shape index (κ1) is 19.8. The number of aromatic nitrogens is 2. The van der Waals surface area contributed by atoms with E-state index in [4.69, 9.17) is 11.6 Å². The number of anilines is 1. The van der Waals surface area contributed by atoms with Crippen LogP contribution in [0.5, 0.6) is 0 Å². The lowest BCUT2D eigenvalue weighted by atomic mass is 10.1. The smallest absolute Gasteiger partial charge is 0.243 e. The fraction of sp³-hybridized carbons (Fsp3) is 0.238. The van der Waals surface area contributed by atoms with Gasteiger partial charge in [-0.15, -0.1) is 0 Å². The summed E-state index contributed by atoms with van der Waals surface area (Å²) in [5, 5.41) is 0.458. The molecule has 150 valence electrons. The highest BCUT2D eigenvalue weighted by atomic mass is 35.5. The molecule has 2 aromatic carbocycles. The molecule has 1 fully saturated rings.